The number of thiol groups is 1. The lowest BCUT2D eigenvalue weighted by atomic mass is 10.1. The van der Waals surface area contributed by atoms with E-state index in [4.69, 9.17) is 4.74 Å². The molecule has 1 nitrogen and oxygen atoms in total. The molecule has 0 fully saturated rings. The highest BCUT2D eigenvalue weighted by molar-refractivity contribution is 7.80. The molecule has 0 unspecified atom stereocenters. The first-order chi connectivity index (χ1) is 6.59. The standard InChI is InChI=1S/C11H15FOS/c1-8(2)5-6-13-10-4-3-9(12)7-11(10)14/h3-4,7-8,14H,5-6H2,1-2H3. The average Bonchev–Trinajstić information content (AvgIpc) is 2.08. The van der Waals surface area contributed by atoms with Crippen LogP contribution in [0.25, 0.3) is 0 Å². The fourth-order valence-corrected chi connectivity index (χ4v) is 1.28. The summed E-state index contributed by atoms with van der Waals surface area (Å²) in [4.78, 5) is 0.550. The molecule has 0 N–H and O–H groups in total. The molecule has 1 rings (SSSR count). The second kappa shape index (κ2) is 5.25. The minimum absolute atomic E-state index is 0.286. The van der Waals surface area contributed by atoms with Gasteiger partial charge >= 0.3 is 0 Å². The fourth-order valence-electron chi connectivity index (χ4n) is 1.02. The third-order valence-electron chi connectivity index (χ3n) is 1.87. The lowest BCUT2D eigenvalue weighted by Gasteiger charge is -2.09. The minimum atomic E-state index is -0.286. The van der Waals surface area contributed by atoms with E-state index in [2.05, 4.69) is 26.5 Å². The molecule has 0 radical (unpaired) electrons. The van der Waals surface area contributed by atoms with Crippen molar-refractivity contribution in [1.82, 2.24) is 0 Å². The first-order valence-electron chi connectivity index (χ1n) is 4.71. The van der Waals surface area contributed by atoms with Crippen molar-refractivity contribution in [2.75, 3.05) is 6.61 Å². The van der Waals surface area contributed by atoms with Gasteiger partial charge in [0.1, 0.15) is 11.6 Å². The molecule has 0 spiro atoms. The van der Waals surface area contributed by atoms with Gasteiger partial charge < -0.3 is 4.74 Å². The molecule has 0 aliphatic heterocycles. The first kappa shape index (κ1) is 11.4. The summed E-state index contributed by atoms with van der Waals surface area (Å²) in [5, 5.41) is 0. The number of rotatable bonds is 4. The van der Waals surface area contributed by atoms with Gasteiger partial charge in [-0.05, 0) is 30.5 Å². The molecule has 0 saturated heterocycles. The third-order valence-corrected chi connectivity index (χ3v) is 2.22. The molecule has 0 atom stereocenters. The quantitative estimate of drug-likeness (QED) is 0.754. The summed E-state index contributed by atoms with van der Waals surface area (Å²) < 4.78 is 18.2. The predicted molar refractivity (Wildman–Crippen MR) is 58.6 cm³/mol. The van der Waals surface area contributed by atoms with Crippen LogP contribution in [0.15, 0.2) is 23.1 Å². The number of hydrogen-bond donors (Lipinski definition) is 1. The number of benzene rings is 1. The Morgan fingerprint density at radius 3 is 2.71 bits per heavy atom. The van der Waals surface area contributed by atoms with E-state index in [9.17, 15) is 4.39 Å². The molecule has 1 aromatic carbocycles. The SMILES string of the molecule is CC(C)CCOc1ccc(F)cc1S. The lowest BCUT2D eigenvalue weighted by Crippen LogP contribution is -2.01. The number of hydrogen-bond acceptors (Lipinski definition) is 2. The molecule has 0 aromatic heterocycles. The Morgan fingerprint density at radius 1 is 1.43 bits per heavy atom. The van der Waals surface area contributed by atoms with Crippen molar-refractivity contribution >= 4 is 12.6 Å². The molecule has 0 aliphatic carbocycles. The Hall–Kier alpha value is -0.700. The van der Waals surface area contributed by atoms with E-state index < -0.39 is 0 Å². The van der Waals surface area contributed by atoms with Crippen molar-refractivity contribution in [3.63, 3.8) is 0 Å². The Balaban J connectivity index is 2.51. The molecule has 1 aromatic rings. The van der Waals surface area contributed by atoms with Gasteiger partial charge in [-0.1, -0.05) is 13.8 Å². The number of ether oxygens (including phenoxy) is 1. The van der Waals surface area contributed by atoms with Crippen LogP contribution in [0.4, 0.5) is 4.39 Å². The summed E-state index contributed by atoms with van der Waals surface area (Å²) in [6, 6.07) is 4.34. The van der Waals surface area contributed by atoms with Gasteiger partial charge in [-0.15, -0.1) is 12.6 Å². The van der Waals surface area contributed by atoms with E-state index in [1.165, 1.54) is 12.1 Å². The Kier molecular flexibility index (Phi) is 4.26. The van der Waals surface area contributed by atoms with Crippen LogP contribution < -0.4 is 4.74 Å². The van der Waals surface area contributed by atoms with Crippen LogP contribution in [0.3, 0.4) is 0 Å². The summed E-state index contributed by atoms with van der Waals surface area (Å²) in [6.07, 6.45) is 0.991. The van der Waals surface area contributed by atoms with Crippen LogP contribution in [0.5, 0.6) is 5.75 Å². The van der Waals surface area contributed by atoms with E-state index >= 15 is 0 Å². The van der Waals surface area contributed by atoms with Crippen LogP contribution in [0.2, 0.25) is 0 Å². The first-order valence-corrected chi connectivity index (χ1v) is 5.15. The highest BCUT2D eigenvalue weighted by Crippen LogP contribution is 2.23. The maximum Gasteiger partial charge on any atom is 0.132 e. The van der Waals surface area contributed by atoms with E-state index in [1.807, 2.05) is 0 Å². The van der Waals surface area contributed by atoms with Crippen LogP contribution in [-0.2, 0) is 0 Å². The fraction of sp³-hybridized carbons (Fsp3) is 0.455. The number of halogens is 1. The van der Waals surface area contributed by atoms with E-state index in [-0.39, 0.29) is 5.82 Å². The highest BCUT2D eigenvalue weighted by Gasteiger charge is 2.02. The van der Waals surface area contributed by atoms with Crippen LogP contribution in [0, 0.1) is 11.7 Å². The molecule has 0 amide bonds. The summed E-state index contributed by atoms with van der Waals surface area (Å²) in [6.45, 7) is 4.92. The van der Waals surface area contributed by atoms with Crippen molar-refractivity contribution < 1.29 is 9.13 Å². The second-order valence-electron chi connectivity index (χ2n) is 3.64. The van der Waals surface area contributed by atoms with Crippen molar-refractivity contribution in [3.8, 4) is 5.75 Å². The Morgan fingerprint density at radius 2 is 2.14 bits per heavy atom. The van der Waals surface area contributed by atoms with Gasteiger partial charge in [-0.2, -0.15) is 0 Å². The third kappa shape index (κ3) is 3.58. The van der Waals surface area contributed by atoms with Crippen molar-refractivity contribution in [1.29, 1.82) is 0 Å². The zero-order valence-electron chi connectivity index (χ0n) is 8.46. The maximum atomic E-state index is 12.7. The van der Waals surface area contributed by atoms with Crippen molar-refractivity contribution in [2.45, 2.75) is 25.2 Å². The molecule has 78 valence electrons. The van der Waals surface area contributed by atoms with Gasteiger partial charge in [0.05, 0.1) is 6.61 Å². The van der Waals surface area contributed by atoms with Gasteiger partial charge in [-0.3, -0.25) is 0 Å². The van der Waals surface area contributed by atoms with E-state index in [1.54, 1.807) is 6.07 Å². The Labute approximate surface area is 89.7 Å². The van der Waals surface area contributed by atoms with Crippen LogP contribution >= 0.6 is 12.6 Å². The summed E-state index contributed by atoms with van der Waals surface area (Å²) >= 11 is 4.13. The smallest absolute Gasteiger partial charge is 0.132 e. The molecule has 0 heterocycles. The monoisotopic (exact) mass is 214 g/mol. The lowest BCUT2D eigenvalue weighted by molar-refractivity contribution is 0.283. The normalized spacial score (nSPS) is 10.6. The van der Waals surface area contributed by atoms with Crippen molar-refractivity contribution in [2.24, 2.45) is 5.92 Å². The largest absolute Gasteiger partial charge is 0.492 e. The van der Waals surface area contributed by atoms with Crippen molar-refractivity contribution in [3.05, 3.63) is 24.0 Å². The molecule has 0 bridgehead atoms. The van der Waals surface area contributed by atoms with E-state index in [0.717, 1.165) is 6.42 Å². The summed E-state index contributed by atoms with van der Waals surface area (Å²) in [5.41, 5.74) is 0. The Bertz CT molecular complexity index is 299. The highest BCUT2D eigenvalue weighted by atomic mass is 32.1. The topological polar surface area (TPSA) is 9.23 Å². The van der Waals surface area contributed by atoms with Crippen LogP contribution in [0.1, 0.15) is 20.3 Å². The molecule has 14 heavy (non-hydrogen) atoms. The predicted octanol–water partition coefficient (Wildman–Crippen LogP) is 3.54. The molecule has 0 saturated carbocycles. The summed E-state index contributed by atoms with van der Waals surface area (Å²) in [7, 11) is 0. The minimum Gasteiger partial charge on any atom is -0.492 e. The molecular weight excluding hydrogens is 199 g/mol. The zero-order chi connectivity index (χ0) is 10.6. The molecule has 0 aliphatic rings. The second-order valence-corrected chi connectivity index (χ2v) is 4.12. The zero-order valence-corrected chi connectivity index (χ0v) is 9.35. The van der Waals surface area contributed by atoms with Gasteiger partial charge in [0.15, 0.2) is 0 Å². The van der Waals surface area contributed by atoms with Gasteiger partial charge in [0.2, 0.25) is 0 Å². The van der Waals surface area contributed by atoms with E-state index in [0.29, 0.717) is 23.2 Å². The van der Waals surface area contributed by atoms with Gasteiger partial charge in [0.25, 0.3) is 0 Å². The van der Waals surface area contributed by atoms with Crippen LogP contribution in [-0.4, -0.2) is 6.61 Å². The summed E-state index contributed by atoms with van der Waals surface area (Å²) in [5.74, 6) is 0.973. The maximum absolute atomic E-state index is 12.7. The van der Waals surface area contributed by atoms with Gasteiger partial charge in [0, 0.05) is 4.90 Å². The average molecular weight is 214 g/mol. The van der Waals surface area contributed by atoms with Gasteiger partial charge in [-0.25, -0.2) is 4.39 Å². The molecule has 3 heteroatoms. The molecular formula is C11H15FOS.